The summed E-state index contributed by atoms with van der Waals surface area (Å²) >= 11 is 9.29. The molecule has 1 amide bonds. The third kappa shape index (κ3) is 4.07. The molecule has 4 nitrogen and oxygen atoms in total. The zero-order valence-corrected chi connectivity index (χ0v) is 13.3. The van der Waals surface area contributed by atoms with Crippen molar-refractivity contribution in [3.8, 4) is 0 Å². The zero-order chi connectivity index (χ0) is 13.1. The molecule has 1 unspecified atom stereocenters. The van der Waals surface area contributed by atoms with E-state index in [1.54, 1.807) is 23.1 Å². The summed E-state index contributed by atoms with van der Waals surface area (Å²) in [5.41, 5.74) is 6.14. The molecule has 1 fully saturated rings. The Balaban J connectivity index is 0.00000180. The van der Waals surface area contributed by atoms with Crippen molar-refractivity contribution in [3.63, 3.8) is 0 Å². The Morgan fingerprint density at radius 3 is 2.95 bits per heavy atom. The molecule has 0 aliphatic carbocycles. The highest BCUT2D eigenvalue weighted by atomic mass is 79.9. The van der Waals surface area contributed by atoms with E-state index in [2.05, 4.69) is 15.9 Å². The average Bonchev–Trinajstić information content (AvgIpc) is 2.41. The van der Waals surface area contributed by atoms with Crippen LogP contribution in [0.4, 0.5) is 0 Å². The lowest BCUT2D eigenvalue weighted by Gasteiger charge is -2.32. The van der Waals surface area contributed by atoms with Crippen LogP contribution >= 0.6 is 39.9 Å². The van der Waals surface area contributed by atoms with Gasteiger partial charge in [0.05, 0.1) is 17.7 Å². The normalized spacial score (nSPS) is 18.9. The molecule has 0 spiro atoms. The third-order valence-corrected chi connectivity index (χ3v) is 4.09. The van der Waals surface area contributed by atoms with Gasteiger partial charge in [-0.25, -0.2) is 0 Å². The number of hydrogen-bond acceptors (Lipinski definition) is 3. The largest absolute Gasteiger partial charge is 0.373 e. The molecule has 2 rings (SSSR count). The SMILES string of the molecule is Cl.NCC1CN(C(=O)c2ccc(Br)c(Cl)c2)CCO1. The van der Waals surface area contributed by atoms with E-state index in [1.165, 1.54) is 0 Å². The molecule has 1 aromatic rings. The van der Waals surface area contributed by atoms with E-state index in [9.17, 15) is 4.79 Å². The van der Waals surface area contributed by atoms with E-state index < -0.39 is 0 Å². The zero-order valence-electron chi connectivity index (χ0n) is 10.1. The number of carbonyl (C=O) groups is 1. The maximum Gasteiger partial charge on any atom is 0.254 e. The van der Waals surface area contributed by atoms with Gasteiger partial charge < -0.3 is 15.4 Å². The third-order valence-electron chi connectivity index (χ3n) is 2.86. The Bertz CT molecular complexity index is 459. The van der Waals surface area contributed by atoms with Gasteiger partial charge in [-0.3, -0.25) is 4.79 Å². The highest BCUT2D eigenvalue weighted by molar-refractivity contribution is 9.10. The second-order valence-electron chi connectivity index (χ2n) is 4.11. The lowest BCUT2D eigenvalue weighted by molar-refractivity contribution is -0.0167. The van der Waals surface area contributed by atoms with E-state index in [0.29, 0.717) is 36.8 Å². The summed E-state index contributed by atoms with van der Waals surface area (Å²) in [5, 5.41) is 0.532. The van der Waals surface area contributed by atoms with Crippen molar-refractivity contribution < 1.29 is 9.53 Å². The molecule has 1 aliphatic heterocycles. The Morgan fingerprint density at radius 2 is 2.32 bits per heavy atom. The van der Waals surface area contributed by atoms with Crippen LogP contribution in [0.1, 0.15) is 10.4 Å². The molecule has 0 bridgehead atoms. The predicted octanol–water partition coefficient (Wildman–Crippen LogP) is 2.32. The number of ether oxygens (including phenoxy) is 1. The van der Waals surface area contributed by atoms with Gasteiger partial charge in [0.15, 0.2) is 0 Å². The summed E-state index contributed by atoms with van der Waals surface area (Å²) < 4.78 is 6.21. The second kappa shape index (κ2) is 7.45. The molecular weight excluding hydrogens is 355 g/mol. The molecule has 106 valence electrons. The molecule has 7 heteroatoms. The minimum Gasteiger partial charge on any atom is -0.373 e. The Hall–Kier alpha value is -0.330. The summed E-state index contributed by atoms with van der Waals surface area (Å²) in [6.45, 7) is 2.06. The van der Waals surface area contributed by atoms with Crippen LogP contribution in [-0.4, -0.2) is 43.2 Å². The fraction of sp³-hybridized carbons (Fsp3) is 0.417. The van der Waals surface area contributed by atoms with Gasteiger partial charge in [-0.1, -0.05) is 11.6 Å². The van der Waals surface area contributed by atoms with Crippen LogP contribution in [0.15, 0.2) is 22.7 Å². The van der Waals surface area contributed by atoms with Crippen LogP contribution in [-0.2, 0) is 4.74 Å². The topological polar surface area (TPSA) is 55.6 Å². The average molecular weight is 370 g/mol. The number of hydrogen-bond donors (Lipinski definition) is 1. The summed E-state index contributed by atoms with van der Waals surface area (Å²) in [6.07, 6.45) is -0.0754. The van der Waals surface area contributed by atoms with Gasteiger partial charge >= 0.3 is 0 Å². The number of amides is 1. The molecular formula is C12H15BrCl2N2O2. The van der Waals surface area contributed by atoms with E-state index in [0.717, 1.165) is 4.47 Å². The molecule has 19 heavy (non-hydrogen) atoms. The van der Waals surface area contributed by atoms with Gasteiger partial charge in [0, 0.05) is 29.7 Å². The molecule has 1 saturated heterocycles. The van der Waals surface area contributed by atoms with Crippen LogP contribution in [0.25, 0.3) is 0 Å². The summed E-state index contributed by atoms with van der Waals surface area (Å²) in [6, 6.07) is 5.20. The van der Waals surface area contributed by atoms with Crippen molar-refractivity contribution in [1.29, 1.82) is 0 Å². The van der Waals surface area contributed by atoms with Gasteiger partial charge in [-0.15, -0.1) is 12.4 Å². The van der Waals surface area contributed by atoms with Gasteiger partial charge in [0.2, 0.25) is 0 Å². The Kier molecular flexibility index (Phi) is 6.56. The maximum atomic E-state index is 12.3. The number of morpholine rings is 1. The fourth-order valence-corrected chi connectivity index (χ4v) is 2.29. The van der Waals surface area contributed by atoms with Gasteiger partial charge in [-0.05, 0) is 34.1 Å². The minimum atomic E-state index is -0.0754. The van der Waals surface area contributed by atoms with Crippen LogP contribution in [0.3, 0.4) is 0 Å². The number of nitrogens with two attached hydrogens (primary N) is 1. The Morgan fingerprint density at radius 1 is 1.58 bits per heavy atom. The second-order valence-corrected chi connectivity index (χ2v) is 5.37. The number of benzene rings is 1. The maximum absolute atomic E-state index is 12.3. The van der Waals surface area contributed by atoms with Crippen LogP contribution in [0.2, 0.25) is 5.02 Å². The van der Waals surface area contributed by atoms with Crippen molar-refractivity contribution in [1.82, 2.24) is 4.90 Å². The standard InChI is InChI=1S/C12H14BrClN2O2.ClH/c13-10-2-1-8(5-11(10)14)12(17)16-3-4-18-9(6-15)7-16;/h1-2,5,9H,3-4,6-7,15H2;1H. The first-order chi connectivity index (χ1) is 8.61. The van der Waals surface area contributed by atoms with E-state index in [4.69, 9.17) is 22.1 Å². The van der Waals surface area contributed by atoms with Gasteiger partial charge in [-0.2, -0.15) is 0 Å². The molecule has 2 N–H and O–H groups in total. The summed E-state index contributed by atoms with van der Waals surface area (Å²) in [7, 11) is 0. The van der Waals surface area contributed by atoms with Crippen LogP contribution in [0.5, 0.6) is 0 Å². The first-order valence-corrected chi connectivity index (χ1v) is 6.85. The molecule has 0 saturated carbocycles. The van der Waals surface area contributed by atoms with Crippen LogP contribution in [0, 0.1) is 0 Å². The predicted molar refractivity (Wildman–Crippen MR) is 81.1 cm³/mol. The van der Waals surface area contributed by atoms with Gasteiger partial charge in [0.25, 0.3) is 5.91 Å². The highest BCUT2D eigenvalue weighted by Gasteiger charge is 2.24. The van der Waals surface area contributed by atoms with Crippen molar-refractivity contribution in [2.45, 2.75) is 6.10 Å². The first kappa shape index (κ1) is 16.7. The quantitative estimate of drug-likeness (QED) is 0.870. The molecule has 1 aromatic carbocycles. The number of carbonyl (C=O) groups excluding carboxylic acids is 1. The van der Waals surface area contributed by atoms with E-state index in [-0.39, 0.29) is 24.4 Å². The fourth-order valence-electron chi connectivity index (χ4n) is 1.86. The monoisotopic (exact) mass is 368 g/mol. The smallest absolute Gasteiger partial charge is 0.254 e. The van der Waals surface area contributed by atoms with Crippen molar-refractivity contribution in [3.05, 3.63) is 33.3 Å². The van der Waals surface area contributed by atoms with E-state index >= 15 is 0 Å². The van der Waals surface area contributed by atoms with Crippen molar-refractivity contribution in [2.75, 3.05) is 26.2 Å². The van der Waals surface area contributed by atoms with Crippen LogP contribution < -0.4 is 5.73 Å². The highest BCUT2D eigenvalue weighted by Crippen LogP contribution is 2.24. The summed E-state index contributed by atoms with van der Waals surface area (Å²) in [4.78, 5) is 14.0. The number of halogens is 3. The number of nitrogens with zero attached hydrogens (tertiary/aromatic N) is 1. The lowest BCUT2D eigenvalue weighted by atomic mass is 10.1. The Labute approximate surface area is 131 Å². The molecule has 1 aliphatic rings. The van der Waals surface area contributed by atoms with Crippen molar-refractivity contribution >= 4 is 45.8 Å². The molecule has 1 atom stereocenters. The molecule has 1 heterocycles. The lowest BCUT2D eigenvalue weighted by Crippen LogP contribution is -2.48. The van der Waals surface area contributed by atoms with Gasteiger partial charge in [0.1, 0.15) is 0 Å². The molecule has 0 aromatic heterocycles. The van der Waals surface area contributed by atoms with E-state index in [1.807, 2.05) is 0 Å². The summed E-state index contributed by atoms with van der Waals surface area (Å²) in [5.74, 6) is -0.0360. The number of rotatable bonds is 2. The minimum absolute atomic E-state index is 0. The van der Waals surface area contributed by atoms with Crippen molar-refractivity contribution in [2.24, 2.45) is 5.73 Å². The molecule has 0 radical (unpaired) electrons. The first-order valence-electron chi connectivity index (χ1n) is 5.68.